The molecule has 1 aliphatic carbocycles. The Kier molecular flexibility index (Phi) is 7.09. The van der Waals surface area contributed by atoms with Gasteiger partial charge in [-0.05, 0) is 61.1 Å². The van der Waals surface area contributed by atoms with Gasteiger partial charge in [0.25, 0.3) is 0 Å². The van der Waals surface area contributed by atoms with Crippen LogP contribution in [-0.2, 0) is 9.59 Å². The third kappa shape index (κ3) is 5.48. The van der Waals surface area contributed by atoms with Crippen molar-refractivity contribution in [2.45, 2.75) is 57.0 Å². The second-order valence-electron chi connectivity index (χ2n) is 7.86. The van der Waals surface area contributed by atoms with E-state index in [1.54, 1.807) is 7.11 Å². The zero-order chi connectivity index (χ0) is 20.8. The lowest BCUT2D eigenvalue weighted by Gasteiger charge is -2.30. The molecule has 1 atom stereocenters. The first-order valence-electron chi connectivity index (χ1n) is 10.4. The second-order valence-corrected chi connectivity index (χ2v) is 7.86. The van der Waals surface area contributed by atoms with Gasteiger partial charge >= 0.3 is 0 Å². The van der Waals surface area contributed by atoms with Crippen LogP contribution in [0.25, 0.3) is 10.8 Å². The van der Waals surface area contributed by atoms with Gasteiger partial charge in [0.2, 0.25) is 11.8 Å². The van der Waals surface area contributed by atoms with Crippen molar-refractivity contribution in [1.29, 1.82) is 0 Å². The molecule has 0 spiro atoms. The lowest BCUT2D eigenvalue weighted by atomic mass is 9.90. The van der Waals surface area contributed by atoms with E-state index in [0.29, 0.717) is 13.0 Å². The minimum atomic E-state index is -0.219. The Morgan fingerprint density at radius 1 is 1.03 bits per heavy atom. The first-order valence-corrected chi connectivity index (χ1v) is 10.4. The van der Waals surface area contributed by atoms with Gasteiger partial charge in [-0.2, -0.15) is 0 Å². The van der Waals surface area contributed by atoms with Crippen molar-refractivity contribution < 1.29 is 14.3 Å². The summed E-state index contributed by atoms with van der Waals surface area (Å²) in [5.74, 6) is 0.672. The number of carbonyl (C=O) groups excluding carboxylic acids is 2. The monoisotopic (exact) mass is 397 g/mol. The Bertz CT molecular complexity index is 860. The predicted molar refractivity (Wildman–Crippen MR) is 115 cm³/mol. The fraction of sp³-hybridized carbons (Fsp3) is 0.478. The highest BCUT2D eigenvalue weighted by molar-refractivity contribution is 5.88. The average molecular weight is 398 g/mol. The van der Waals surface area contributed by atoms with Crippen molar-refractivity contribution in [2.75, 3.05) is 13.7 Å². The van der Waals surface area contributed by atoms with Crippen molar-refractivity contribution >= 4 is 22.6 Å². The molecule has 1 saturated carbocycles. The van der Waals surface area contributed by atoms with Crippen LogP contribution in [0, 0.1) is 0 Å². The number of benzene rings is 2. The van der Waals surface area contributed by atoms with Crippen LogP contribution in [-0.4, -0.2) is 37.6 Å². The van der Waals surface area contributed by atoms with Gasteiger partial charge in [0, 0.05) is 25.0 Å². The molecule has 0 heterocycles. The normalized spacial score (nSPS) is 20.1. The highest BCUT2D eigenvalue weighted by atomic mass is 16.5. The number of rotatable bonds is 7. The number of hydrogen-bond acceptors (Lipinski definition) is 4. The van der Waals surface area contributed by atoms with Gasteiger partial charge in [-0.1, -0.05) is 24.3 Å². The van der Waals surface area contributed by atoms with Gasteiger partial charge in [0.05, 0.1) is 13.0 Å². The topological polar surface area (TPSA) is 93.5 Å². The molecule has 0 aromatic heterocycles. The Morgan fingerprint density at radius 2 is 1.66 bits per heavy atom. The van der Waals surface area contributed by atoms with E-state index < -0.39 is 0 Å². The minimum Gasteiger partial charge on any atom is -0.497 e. The third-order valence-electron chi connectivity index (χ3n) is 5.77. The molecule has 2 aromatic rings. The van der Waals surface area contributed by atoms with Gasteiger partial charge in [0.15, 0.2) is 0 Å². The molecule has 4 N–H and O–H groups in total. The molecule has 0 saturated heterocycles. The molecule has 29 heavy (non-hydrogen) atoms. The van der Waals surface area contributed by atoms with Crippen molar-refractivity contribution in [3.05, 3.63) is 42.0 Å². The molecule has 156 valence electrons. The zero-order valence-corrected chi connectivity index (χ0v) is 17.2. The summed E-state index contributed by atoms with van der Waals surface area (Å²) in [6.07, 6.45) is 3.89. The summed E-state index contributed by atoms with van der Waals surface area (Å²) < 4.78 is 5.27. The van der Waals surface area contributed by atoms with Crippen LogP contribution >= 0.6 is 0 Å². The van der Waals surface area contributed by atoms with Crippen LogP contribution in [0.3, 0.4) is 0 Å². The summed E-state index contributed by atoms with van der Waals surface area (Å²) in [4.78, 5) is 24.5. The molecule has 6 nitrogen and oxygen atoms in total. The van der Waals surface area contributed by atoms with Gasteiger partial charge in [-0.15, -0.1) is 0 Å². The molecule has 2 amide bonds. The van der Waals surface area contributed by atoms with E-state index in [1.165, 1.54) is 0 Å². The first-order chi connectivity index (χ1) is 14.0. The molecule has 0 aliphatic heterocycles. The number of hydrogen-bond donors (Lipinski definition) is 3. The number of methoxy groups -OCH3 is 1. The van der Waals surface area contributed by atoms with E-state index >= 15 is 0 Å². The number of nitrogens with two attached hydrogens (primary N) is 1. The molecule has 3 rings (SSSR count). The van der Waals surface area contributed by atoms with Crippen LogP contribution in [0.2, 0.25) is 0 Å². The van der Waals surface area contributed by atoms with Crippen LogP contribution in [0.4, 0.5) is 0 Å². The van der Waals surface area contributed by atoms with E-state index in [9.17, 15) is 9.59 Å². The largest absolute Gasteiger partial charge is 0.497 e. The molecule has 1 aliphatic rings. The standard InChI is InChI=1S/C23H31N3O3/c1-15(16-3-4-18-14-21(29-2)10-5-17(18)13-16)23(28)26-20-8-6-19(7-9-20)25-22(27)11-12-24/h3-5,10,13-15,19-20H,6-9,11-12,24H2,1-2H3,(H,25,27)(H,26,28)/t15?,19-,20-. The summed E-state index contributed by atoms with van der Waals surface area (Å²) in [6.45, 7) is 2.32. The SMILES string of the molecule is COc1ccc2cc(C(C)C(=O)N[C@H]3CC[C@H](NC(=O)CCN)CC3)ccc2c1. The number of amides is 2. The molecule has 0 radical (unpaired) electrons. The maximum absolute atomic E-state index is 12.8. The molecule has 0 bridgehead atoms. The predicted octanol–water partition coefficient (Wildman–Crippen LogP) is 2.84. The van der Waals surface area contributed by atoms with E-state index in [0.717, 1.165) is 47.8 Å². The molecular formula is C23H31N3O3. The fourth-order valence-electron chi connectivity index (χ4n) is 3.93. The molecule has 6 heteroatoms. The average Bonchev–Trinajstić information content (AvgIpc) is 2.74. The molecule has 1 fully saturated rings. The molecule has 1 unspecified atom stereocenters. The highest BCUT2D eigenvalue weighted by Crippen LogP contribution is 2.26. The maximum atomic E-state index is 12.8. The van der Waals surface area contributed by atoms with Crippen molar-refractivity contribution in [3.63, 3.8) is 0 Å². The Labute approximate surface area is 172 Å². The van der Waals surface area contributed by atoms with Crippen LogP contribution in [0.1, 0.15) is 50.5 Å². The fourth-order valence-corrected chi connectivity index (χ4v) is 3.93. The summed E-state index contributed by atoms with van der Waals surface area (Å²) >= 11 is 0. The van der Waals surface area contributed by atoms with Gasteiger partial charge in [-0.3, -0.25) is 9.59 Å². The smallest absolute Gasteiger partial charge is 0.227 e. The van der Waals surface area contributed by atoms with Crippen molar-refractivity contribution in [3.8, 4) is 5.75 Å². The first kappa shape index (κ1) is 21.1. The van der Waals surface area contributed by atoms with Crippen molar-refractivity contribution in [1.82, 2.24) is 10.6 Å². The Morgan fingerprint density at radius 3 is 2.31 bits per heavy atom. The summed E-state index contributed by atoms with van der Waals surface area (Å²) in [7, 11) is 1.66. The number of carbonyl (C=O) groups is 2. The molecule has 2 aromatic carbocycles. The summed E-state index contributed by atoms with van der Waals surface area (Å²) in [5, 5.41) is 8.41. The minimum absolute atomic E-state index is 0.0162. The third-order valence-corrected chi connectivity index (χ3v) is 5.77. The number of ether oxygens (including phenoxy) is 1. The van der Waals surface area contributed by atoms with E-state index in [4.69, 9.17) is 10.5 Å². The van der Waals surface area contributed by atoms with Crippen LogP contribution in [0.15, 0.2) is 36.4 Å². The van der Waals surface area contributed by atoms with Gasteiger partial charge in [-0.25, -0.2) is 0 Å². The van der Waals surface area contributed by atoms with E-state index in [2.05, 4.69) is 16.7 Å². The summed E-state index contributed by atoms with van der Waals surface area (Å²) in [5.41, 5.74) is 6.42. The lowest BCUT2D eigenvalue weighted by molar-refractivity contribution is -0.124. The summed E-state index contributed by atoms with van der Waals surface area (Å²) in [6, 6.07) is 12.4. The van der Waals surface area contributed by atoms with Crippen molar-refractivity contribution in [2.24, 2.45) is 5.73 Å². The van der Waals surface area contributed by atoms with E-state index in [-0.39, 0.29) is 29.8 Å². The maximum Gasteiger partial charge on any atom is 0.227 e. The van der Waals surface area contributed by atoms with Gasteiger partial charge in [0.1, 0.15) is 5.75 Å². The molecular weight excluding hydrogens is 366 g/mol. The Balaban J connectivity index is 1.54. The number of fused-ring (bicyclic) bond motifs is 1. The zero-order valence-electron chi connectivity index (χ0n) is 17.2. The number of nitrogens with one attached hydrogen (secondary N) is 2. The van der Waals surface area contributed by atoms with Crippen LogP contribution < -0.4 is 21.1 Å². The van der Waals surface area contributed by atoms with E-state index in [1.807, 2.05) is 37.3 Å². The Hall–Kier alpha value is -2.60. The highest BCUT2D eigenvalue weighted by Gasteiger charge is 2.25. The lowest BCUT2D eigenvalue weighted by Crippen LogP contribution is -2.44. The van der Waals surface area contributed by atoms with Crippen LogP contribution in [0.5, 0.6) is 5.75 Å². The van der Waals surface area contributed by atoms with Gasteiger partial charge < -0.3 is 21.1 Å². The second kappa shape index (κ2) is 9.74. The quantitative estimate of drug-likeness (QED) is 0.670.